The van der Waals surface area contributed by atoms with Crippen molar-refractivity contribution in [3.05, 3.63) is 22.4 Å². The lowest BCUT2D eigenvalue weighted by molar-refractivity contribution is 0.222. The number of aromatic nitrogens is 2. The Balaban J connectivity index is 2.14. The zero-order chi connectivity index (χ0) is 13.0. The van der Waals surface area contributed by atoms with Crippen LogP contribution in [0.15, 0.2) is 11.4 Å². The minimum atomic E-state index is 0.210. The Morgan fingerprint density at radius 1 is 1.44 bits per heavy atom. The second-order valence-electron chi connectivity index (χ2n) is 4.02. The van der Waals surface area contributed by atoms with E-state index in [-0.39, 0.29) is 6.61 Å². The molecule has 1 N–H and O–H groups in total. The van der Waals surface area contributed by atoms with Crippen molar-refractivity contribution in [1.82, 2.24) is 14.9 Å². The molecule has 2 heterocycles. The smallest absolute Gasteiger partial charge is 0.145 e. The van der Waals surface area contributed by atoms with Gasteiger partial charge in [0.1, 0.15) is 15.8 Å². The molecule has 0 saturated carbocycles. The van der Waals surface area contributed by atoms with Crippen molar-refractivity contribution in [3.63, 3.8) is 0 Å². The third-order valence-corrected chi connectivity index (χ3v) is 3.86. The first kappa shape index (κ1) is 13.7. The van der Waals surface area contributed by atoms with Crippen LogP contribution in [0.25, 0.3) is 10.2 Å². The van der Waals surface area contributed by atoms with E-state index in [1.54, 1.807) is 11.3 Å². The average Bonchev–Trinajstić information content (AvgIpc) is 2.83. The Hall–Kier alpha value is -0.750. The summed E-state index contributed by atoms with van der Waals surface area (Å²) >= 11 is 7.71. The van der Waals surface area contributed by atoms with E-state index in [9.17, 15) is 0 Å². The monoisotopic (exact) mass is 285 g/mol. The average molecular weight is 286 g/mol. The summed E-state index contributed by atoms with van der Waals surface area (Å²) in [6.07, 6.45) is 0.767. The van der Waals surface area contributed by atoms with Crippen molar-refractivity contribution >= 4 is 33.2 Å². The maximum absolute atomic E-state index is 8.86. The minimum Gasteiger partial charge on any atom is -0.396 e. The number of thiophene rings is 1. The summed E-state index contributed by atoms with van der Waals surface area (Å²) in [6, 6.07) is 1.94. The van der Waals surface area contributed by atoms with Crippen molar-refractivity contribution in [2.24, 2.45) is 0 Å². The molecule has 0 saturated heterocycles. The Morgan fingerprint density at radius 2 is 2.28 bits per heavy atom. The standard InChI is InChI=1S/C12H16ClN3OS/c1-2-16(5-3-6-17)8-10-14-11(13)9-4-7-18-12(9)15-10/h4,7,17H,2-3,5-6,8H2,1H3. The molecule has 2 aromatic rings. The fourth-order valence-corrected chi connectivity index (χ4v) is 2.86. The van der Waals surface area contributed by atoms with Gasteiger partial charge in [-0.1, -0.05) is 18.5 Å². The largest absolute Gasteiger partial charge is 0.396 e. The number of rotatable bonds is 6. The highest BCUT2D eigenvalue weighted by Crippen LogP contribution is 2.24. The van der Waals surface area contributed by atoms with Gasteiger partial charge >= 0.3 is 0 Å². The summed E-state index contributed by atoms with van der Waals surface area (Å²) in [4.78, 5) is 12.0. The second-order valence-corrected chi connectivity index (χ2v) is 5.27. The summed E-state index contributed by atoms with van der Waals surface area (Å²) in [5, 5.41) is 12.3. The highest BCUT2D eigenvalue weighted by Gasteiger charge is 2.10. The third-order valence-electron chi connectivity index (χ3n) is 2.77. The van der Waals surface area contributed by atoms with Crippen LogP contribution in [0.4, 0.5) is 0 Å². The second kappa shape index (κ2) is 6.43. The quantitative estimate of drug-likeness (QED) is 0.829. The van der Waals surface area contributed by atoms with Gasteiger partial charge in [0.2, 0.25) is 0 Å². The molecule has 2 aromatic heterocycles. The van der Waals surface area contributed by atoms with Crippen molar-refractivity contribution in [3.8, 4) is 0 Å². The molecular weight excluding hydrogens is 270 g/mol. The number of aliphatic hydroxyl groups excluding tert-OH is 1. The molecule has 0 spiro atoms. The Kier molecular flexibility index (Phi) is 4.88. The van der Waals surface area contributed by atoms with Gasteiger partial charge in [-0.15, -0.1) is 11.3 Å². The van der Waals surface area contributed by atoms with E-state index in [1.807, 2.05) is 11.4 Å². The first-order chi connectivity index (χ1) is 8.74. The molecule has 0 atom stereocenters. The lowest BCUT2D eigenvalue weighted by atomic mass is 10.3. The number of hydrogen-bond acceptors (Lipinski definition) is 5. The molecule has 0 aliphatic rings. The topological polar surface area (TPSA) is 49.2 Å². The van der Waals surface area contributed by atoms with E-state index in [0.29, 0.717) is 11.7 Å². The zero-order valence-corrected chi connectivity index (χ0v) is 11.8. The van der Waals surface area contributed by atoms with E-state index in [1.165, 1.54) is 0 Å². The number of halogens is 1. The molecule has 0 unspecified atom stereocenters. The maximum Gasteiger partial charge on any atom is 0.145 e. The Morgan fingerprint density at radius 3 is 3.00 bits per heavy atom. The van der Waals surface area contributed by atoms with Gasteiger partial charge in [0.15, 0.2) is 0 Å². The van der Waals surface area contributed by atoms with Crippen LogP contribution in [0.2, 0.25) is 5.15 Å². The molecule has 4 nitrogen and oxygen atoms in total. The molecule has 0 aliphatic heterocycles. The van der Waals surface area contributed by atoms with Crippen LogP contribution in [-0.4, -0.2) is 39.7 Å². The van der Waals surface area contributed by atoms with Crippen LogP contribution in [0, 0.1) is 0 Å². The van der Waals surface area contributed by atoms with Crippen LogP contribution in [-0.2, 0) is 6.54 Å². The first-order valence-corrected chi connectivity index (χ1v) is 7.23. The number of aliphatic hydroxyl groups is 1. The molecular formula is C12H16ClN3OS. The molecule has 6 heteroatoms. The lowest BCUT2D eigenvalue weighted by Gasteiger charge is -2.18. The molecule has 0 fully saturated rings. The number of hydrogen-bond donors (Lipinski definition) is 1. The highest BCUT2D eigenvalue weighted by atomic mass is 35.5. The van der Waals surface area contributed by atoms with E-state index in [2.05, 4.69) is 21.8 Å². The van der Waals surface area contributed by atoms with Crippen LogP contribution in [0.3, 0.4) is 0 Å². The van der Waals surface area contributed by atoms with E-state index in [0.717, 1.165) is 35.6 Å². The highest BCUT2D eigenvalue weighted by molar-refractivity contribution is 7.16. The van der Waals surface area contributed by atoms with Crippen LogP contribution in [0.5, 0.6) is 0 Å². The molecule has 98 valence electrons. The van der Waals surface area contributed by atoms with Crippen molar-refractivity contribution < 1.29 is 5.11 Å². The van der Waals surface area contributed by atoms with Gasteiger partial charge in [-0.05, 0) is 24.4 Å². The van der Waals surface area contributed by atoms with Crippen molar-refractivity contribution in [2.45, 2.75) is 19.9 Å². The summed E-state index contributed by atoms with van der Waals surface area (Å²) in [6.45, 7) is 4.72. The van der Waals surface area contributed by atoms with Gasteiger partial charge in [0.05, 0.1) is 6.54 Å². The van der Waals surface area contributed by atoms with Gasteiger partial charge in [0.25, 0.3) is 0 Å². The predicted molar refractivity (Wildman–Crippen MR) is 75.1 cm³/mol. The molecule has 0 radical (unpaired) electrons. The van der Waals surface area contributed by atoms with Gasteiger partial charge < -0.3 is 5.11 Å². The predicted octanol–water partition coefficient (Wildman–Crippen LogP) is 2.55. The minimum absolute atomic E-state index is 0.210. The third kappa shape index (κ3) is 3.17. The van der Waals surface area contributed by atoms with Crippen LogP contribution >= 0.6 is 22.9 Å². The van der Waals surface area contributed by atoms with Crippen LogP contribution in [0.1, 0.15) is 19.2 Å². The normalized spacial score (nSPS) is 11.6. The summed E-state index contributed by atoms with van der Waals surface area (Å²) in [5.74, 6) is 0.745. The fraction of sp³-hybridized carbons (Fsp3) is 0.500. The Bertz CT molecular complexity index is 517. The molecule has 0 amide bonds. The number of nitrogens with zero attached hydrogens (tertiary/aromatic N) is 3. The van der Waals surface area contributed by atoms with Crippen LogP contribution < -0.4 is 0 Å². The summed E-state index contributed by atoms with van der Waals surface area (Å²) in [7, 11) is 0. The molecule has 0 aliphatic carbocycles. The van der Waals surface area contributed by atoms with Gasteiger partial charge in [-0.3, -0.25) is 4.90 Å². The SMILES string of the molecule is CCN(CCCO)Cc1nc(Cl)c2ccsc2n1. The van der Waals surface area contributed by atoms with Gasteiger partial charge in [-0.2, -0.15) is 0 Å². The maximum atomic E-state index is 8.86. The van der Waals surface area contributed by atoms with E-state index in [4.69, 9.17) is 16.7 Å². The summed E-state index contributed by atoms with van der Waals surface area (Å²) in [5.41, 5.74) is 0. The number of fused-ring (bicyclic) bond motifs is 1. The van der Waals surface area contributed by atoms with Crippen molar-refractivity contribution in [1.29, 1.82) is 0 Å². The molecule has 18 heavy (non-hydrogen) atoms. The van der Waals surface area contributed by atoms with E-state index < -0.39 is 0 Å². The fourth-order valence-electron chi connectivity index (χ4n) is 1.77. The van der Waals surface area contributed by atoms with Crippen molar-refractivity contribution in [2.75, 3.05) is 19.7 Å². The molecule has 0 aromatic carbocycles. The first-order valence-electron chi connectivity index (χ1n) is 5.97. The molecule has 0 bridgehead atoms. The zero-order valence-electron chi connectivity index (χ0n) is 10.3. The lowest BCUT2D eigenvalue weighted by Crippen LogP contribution is -2.25. The van der Waals surface area contributed by atoms with E-state index >= 15 is 0 Å². The summed E-state index contributed by atoms with van der Waals surface area (Å²) < 4.78 is 0. The molecule has 2 rings (SSSR count). The van der Waals surface area contributed by atoms with Gasteiger partial charge in [-0.25, -0.2) is 9.97 Å². The Labute approximate surface area is 115 Å². The van der Waals surface area contributed by atoms with Gasteiger partial charge in [0, 0.05) is 18.5 Å².